The largest absolute Gasteiger partial charge is 0.379 e. The van der Waals surface area contributed by atoms with Crippen LogP contribution in [0.1, 0.15) is 77.6 Å². The minimum Gasteiger partial charge on any atom is -0.379 e. The van der Waals surface area contributed by atoms with Gasteiger partial charge in [-0.05, 0) is 6.42 Å². The van der Waals surface area contributed by atoms with Crippen molar-refractivity contribution in [1.82, 2.24) is 0 Å². The molecule has 0 unspecified atom stereocenters. The Balaban J connectivity index is 3.03. The van der Waals surface area contributed by atoms with Gasteiger partial charge in [-0.25, -0.2) is 0 Å². The zero-order chi connectivity index (χ0) is 33.8. The van der Waals surface area contributed by atoms with Crippen LogP contribution in [0.4, 0.5) is 0 Å². The van der Waals surface area contributed by atoms with Crippen LogP contribution >= 0.6 is 11.6 Å². The van der Waals surface area contributed by atoms with Crippen LogP contribution in [0, 0.1) is 0 Å². The fourth-order valence-electron chi connectivity index (χ4n) is 4.22. The smallest absolute Gasteiger partial charge is 0.0701 e. The van der Waals surface area contributed by atoms with Crippen LogP contribution < -0.4 is 0 Å². The Morgan fingerprint density at radius 3 is 0.660 bits per heavy atom. The number of ether oxygens (including phenoxy) is 11. The summed E-state index contributed by atoms with van der Waals surface area (Å²) in [5.41, 5.74) is 0. The Morgan fingerprint density at radius 1 is 0.234 bits per heavy atom. The molecule has 12 heteroatoms. The molecular formula is C35H71ClO11. The van der Waals surface area contributed by atoms with E-state index in [2.05, 4.69) is 6.92 Å². The van der Waals surface area contributed by atoms with Crippen LogP contribution in [-0.2, 0) is 52.1 Å². The minimum atomic E-state index is 0.501. The van der Waals surface area contributed by atoms with Gasteiger partial charge in [-0.3, -0.25) is 0 Å². The summed E-state index contributed by atoms with van der Waals surface area (Å²) in [6.45, 7) is 14.5. The third-order valence-electron chi connectivity index (χ3n) is 6.83. The summed E-state index contributed by atoms with van der Waals surface area (Å²) in [5, 5.41) is 0. The highest BCUT2D eigenvalue weighted by Gasteiger charge is 1.97. The van der Waals surface area contributed by atoms with E-state index in [1.165, 1.54) is 64.2 Å². The Hall–Kier alpha value is -0.150. The molecule has 0 aliphatic carbocycles. The van der Waals surface area contributed by atoms with Crippen LogP contribution in [0.25, 0.3) is 0 Å². The molecule has 284 valence electrons. The monoisotopic (exact) mass is 702 g/mol. The molecule has 0 N–H and O–H groups in total. The molecule has 47 heavy (non-hydrogen) atoms. The first-order valence-electron chi connectivity index (χ1n) is 18.3. The fraction of sp³-hybridized carbons (Fsp3) is 1.00. The maximum absolute atomic E-state index is 5.66. The summed E-state index contributed by atoms with van der Waals surface area (Å²) < 4.78 is 60.2. The molecule has 11 nitrogen and oxygen atoms in total. The highest BCUT2D eigenvalue weighted by molar-refractivity contribution is 6.17. The van der Waals surface area contributed by atoms with Crippen LogP contribution in [0.5, 0.6) is 0 Å². The molecule has 0 amide bonds. The van der Waals surface area contributed by atoms with Crippen molar-refractivity contribution in [2.24, 2.45) is 0 Å². The van der Waals surface area contributed by atoms with Crippen LogP contribution in [0.15, 0.2) is 0 Å². The van der Waals surface area contributed by atoms with Crippen molar-refractivity contribution in [3.8, 4) is 0 Å². The molecular weight excluding hydrogens is 632 g/mol. The van der Waals surface area contributed by atoms with Gasteiger partial charge in [-0.15, -0.1) is 11.6 Å². The maximum Gasteiger partial charge on any atom is 0.0701 e. The van der Waals surface area contributed by atoms with Gasteiger partial charge >= 0.3 is 0 Å². The minimum absolute atomic E-state index is 0.501. The molecule has 0 atom stereocenters. The molecule has 0 rings (SSSR count). The van der Waals surface area contributed by atoms with E-state index in [0.29, 0.717) is 145 Å². The van der Waals surface area contributed by atoms with Gasteiger partial charge in [-0.2, -0.15) is 0 Å². The van der Waals surface area contributed by atoms with Gasteiger partial charge in [0.1, 0.15) is 0 Å². The standard InChI is InChI=1S/C35H71ClO11/c1-2-3-4-5-6-7-8-9-10-11-12-14-37-16-18-39-20-22-41-24-26-43-28-30-45-32-34-47-35-33-46-31-29-44-27-25-42-23-21-40-19-17-38-15-13-36/h2-35H2,1H3. The summed E-state index contributed by atoms with van der Waals surface area (Å²) >= 11 is 5.52. The summed E-state index contributed by atoms with van der Waals surface area (Å²) in [6, 6.07) is 0. The fourth-order valence-corrected chi connectivity index (χ4v) is 4.33. The van der Waals surface area contributed by atoms with E-state index in [1.807, 2.05) is 0 Å². The van der Waals surface area contributed by atoms with E-state index in [9.17, 15) is 0 Å². The van der Waals surface area contributed by atoms with Crippen molar-refractivity contribution < 1.29 is 52.1 Å². The summed E-state index contributed by atoms with van der Waals surface area (Å²) in [7, 11) is 0. The number of halogens is 1. The normalized spacial score (nSPS) is 11.6. The molecule has 0 heterocycles. The lowest BCUT2D eigenvalue weighted by molar-refractivity contribution is -0.0274. The molecule has 0 aliphatic rings. The maximum atomic E-state index is 5.66. The van der Waals surface area contributed by atoms with Gasteiger partial charge in [0.05, 0.1) is 139 Å². The van der Waals surface area contributed by atoms with Gasteiger partial charge in [0.15, 0.2) is 0 Å². The highest BCUT2D eigenvalue weighted by atomic mass is 35.5. The number of unbranched alkanes of at least 4 members (excludes halogenated alkanes) is 10. The first-order chi connectivity index (χ1) is 23.4. The lowest BCUT2D eigenvalue weighted by Crippen LogP contribution is -2.15. The first-order valence-corrected chi connectivity index (χ1v) is 18.9. The second-order valence-corrected chi connectivity index (χ2v) is 11.3. The van der Waals surface area contributed by atoms with Crippen molar-refractivity contribution in [2.45, 2.75) is 77.6 Å². The van der Waals surface area contributed by atoms with E-state index >= 15 is 0 Å². The van der Waals surface area contributed by atoms with Gasteiger partial charge in [0.2, 0.25) is 0 Å². The van der Waals surface area contributed by atoms with E-state index in [4.69, 9.17) is 63.7 Å². The van der Waals surface area contributed by atoms with E-state index in [0.717, 1.165) is 13.0 Å². The van der Waals surface area contributed by atoms with Crippen molar-refractivity contribution in [3.05, 3.63) is 0 Å². The molecule has 0 saturated heterocycles. The molecule has 0 saturated carbocycles. The molecule has 0 fully saturated rings. The van der Waals surface area contributed by atoms with E-state index in [-0.39, 0.29) is 0 Å². The highest BCUT2D eigenvalue weighted by Crippen LogP contribution is 2.11. The van der Waals surface area contributed by atoms with Gasteiger partial charge < -0.3 is 52.1 Å². The average Bonchev–Trinajstić information content (AvgIpc) is 3.08. The molecule has 0 bridgehead atoms. The van der Waals surface area contributed by atoms with Crippen LogP contribution in [0.3, 0.4) is 0 Å². The summed E-state index contributed by atoms with van der Waals surface area (Å²) in [5.74, 6) is 0.501. The third kappa shape index (κ3) is 45.9. The molecule has 0 aliphatic heterocycles. The Labute approximate surface area is 292 Å². The SMILES string of the molecule is CCCCCCCCCCCCCOCCOCCOCCOCCOCCOCCOCCOCCOCCOCCOCCCl. The number of rotatable bonds is 44. The molecule has 0 aromatic heterocycles. The lowest BCUT2D eigenvalue weighted by atomic mass is 10.1. The topological polar surface area (TPSA) is 102 Å². The molecule has 0 radical (unpaired) electrons. The average molecular weight is 703 g/mol. The van der Waals surface area contributed by atoms with Gasteiger partial charge in [-0.1, -0.05) is 71.1 Å². The van der Waals surface area contributed by atoms with Crippen LogP contribution in [0.2, 0.25) is 0 Å². The number of hydrogen-bond donors (Lipinski definition) is 0. The lowest BCUT2D eigenvalue weighted by Gasteiger charge is -2.09. The van der Waals surface area contributed by atoms with E-state index < -0.39 is 0 Å². The van der Waals surface area contributed by atoms with Gasteiger partial charge in [0.25, 0.3) is 0 Å². The second kappa shape index (κ2) is 45.9. The molecule has 0 spiro atoms. The van der Waals surface area contributed by atoms with Crippen molar-refractivity contribution in [3.63, 3.8) is 0 Å². The van der Waals surface area contributed by atoms with Crippen molar-refractivity contribution in [1.29, 1.82) is 0 Å². The van der Waals surface area contributed by atoms with Crippen LogP contribution in [-0.4, -0.2) is 151 Å². The Kier molecular flexibility index (Phi) is 45.7. The summed E-state index contributed by atoms with van der Waals surface area (Å²) in [4.78, 5) is 0. The number of alkyl halides is 1. The quantitative estimate of drug-likeness (QED) is 0.0576. The van der Waals surface area contributed by atoms with Gasteiger partial charge in [0, 0.05) is 12.5 Å². The van der Waals surface area contributed by atoms with Crippen molar-refractivity contribution >= 4 is 11.6 Å². The summed E-state index contributed by atoms with van der Waals surface area (Å²) in [6.07, 6.45) is 14.9. The predicted octanol–water partition coefficient (Wildman–Crippen LogP) is 5.72. The zero-order valence-corrected chi connectivity index (χ0v) is 30.7. The Bertz CT molecular complexity index is 494. The first kappa shape index (κ1) is 46.9. The van der Waals surface area contributed by atoms with Crippen molar-refractivity contribution in [2.75, 3.05) is 151 Å². The number of hydrogen-bond acceptors (Lipinski definition) is 11. The Morgan fingerprint density at radius 2 is 0.426 bits per heavy atom. The molecule has 0 aromatic carbocycles. The van der Waals surface area contributed by atoms with E-state index in [1.54, 1.807) is 0 Å². The third-order valence-corrected chi connectivity index (χ3v) is 6.99. The zero-order valence-electron chi connectivity index (χ0n) is 29.9. The predicted molar refractivity (Wildman–Crippen MR) is 186 cm³/mol. The molecule has 0 aromatic rings. The second-order valence-electron chi connectivity index (χ2n) is 11.0.